The van der Waals surface area contributed by atoms with Crippen molar-refractivity contribution in [3.63, 3.8) is 0 Å². The van der Waals surface area contributed by atoms with Crippen molar-refractivity contribution >= 4 is 11.9 Å². The molecule has 9 heteroatoms. The largest absolute Gasteiger partial charge is 0.481 e. The van der Waals surface area contributed by atoms with E-state index in [0.717, 1.165) is 0 Å². The lowest BCUT2D eigenvalue weighted by Gasteiger charge is -2.37. The Balaban J connectivity index is 1.65. The minimum atomic E-state index is -1.01. The van der Waals surface area contributed by atoms with Gasteiger partial charge in [0.1, 0.15) is 24.4 Å². The van der Waals surface area contributed by atoms with Crippen LogP contribution < -0.4 is 5.32 Å². The molecule has 9 nitrogen and oxygen atoms in total. The highest BCUT2D eigenvalue weighted by atomic mass is 16.9. The molecule has 3 saturated heterocycles. The third kappa shape index (κ3) is 4.12. The fourth-order valence-corrected chi connectivity index (χ4v) is 3.38. The number of hydrogen-bond donors (Lipinski definition) is 2. The predicted octanol–water partition coefficient (Wildman–Crippen LogP) is 0.364. The number of fused-ring (bicyclic) bond motifs is 3. The Kier molecular flexibility index (Phi) is 4.80. The topological polar surface area (TPSA) is 113 Å². The van der Waals surface area contributed by atoms with Gasteiger partial charge in [0.2, 0.25) is 5.91 Å². The molecule has 0 bridgehead atoms. The Labute approximate surface area is 145 Å². The minimum Gasteiger partial charge on any atom is -0.481 e. The summed E-state index contributed by atoms with van der Waals surface area (Å²) in [5.74, 6) is -2.96. The SMILES string of the molecule is CC1(C)O[C@H]2[C@@H](O1)[C@@H](CNC(=O)CCC(=O)O)O[C@@H]1OC(C)(C)O[C@@H]12. The first-order valence-electron chi connectivity index (χ1n) is 8.41. The van der Waals surface area contributed by atoms with Gasteiger partial charge < -0.3 is 34.1 Å². The number of rotatable bonds is 5. The van der Waals surface area contributed by atoms with Crippen molar-refractivity contribution in [3.8, 4) is 0 Å². The molecule has 0 aliphatic carbocycles. The standard InChI is InChI=1S/C16H25NO8/c1-15(2)22-11-8(7-17-9(18)5-6-10(19)20)21-14-13(12(11)23-15)24-16(3,4)25-14/h8,11-14H,5-7H2,1-4H3,(H,17,18)(H,19,20)/t8-,11+,12+,13-,14-/m1/s1. The maximum Gasteiger partial charge on any atom is 0.303 e. The second-order valence-electron chi connectivity index (χ2n) is 7.41. The smallest absolute Gasteiger partial charge is 0.303 e. The van der Waals surface area contributed by atoms with E-state index >= 15 is 0 Å². The third-order valence-electron chi connectivity index (χ3n) is 4.32. The second-order valence-corrected chi connectivity index (χ2v) is 7.41. The molecule has 25 heavy (non-hydrogen) atoms. The number of carbonyl (C=O) groups is 2. The zero-order chi connectivity index (χ0) is 18.4. The number of carboxylic acid groups (broad SMARTS) is 1. The van der Waals surface area contributed by atoms with Crippen LogP contribution in [0.25, 0.3) is 0 Å². The Hall–Kier alpha value is -1.26. The first-order chi connectivity index (χ1) is 11.6. The molecule has 0 aromatic rings. The summed E-state index contributed by atoms with van der Waals surface area (Å²) in [6, 6.07) is 0. The average molecular weight is 359 g/mol. The zero-order valence-corrected chi connectivity index (χ0v) is 14.8. The highest BCUT2D eigenvalue weighted by Crippen LogP contribution is 2.43. The minimum absolute atomic E-state index is 0.0856. The Bertz CT molecular complexity index is 548. The van der Waals surface area contributed by atoms with Crippen molar-refractivity contribution < 1.29 is 38.4 Å². The van der Waals surface area contributed by atoms with E-state index in [1.54, 1.807) is 13.8 Å². The van der Waals surface area contributed by atoms with Crippen molar-refractivity contribution in [3.05, 3.63) is 0 Å². The molecule has 142 valence electrons. The molecule has 3 fully saturated rings. The monoisotopic (exact) mass is 359 g/mol. The lowest BCUT2D eigenvalue weighted by molar-refractivity contribution is -0.232. The number of nitrogens with one attached hydrogen (secondary N) is 1. The first kappa shape index (κ1) is 18.5. The summed E-state index contributed by atoms with van der Waals surface area (Å²) < 4.78 is 29.5. The van der Waals surface area contributed by atoms with E-state index in [1.807, 2.05) is 13.8 Å². The molecule has 0 aromatic carbocycles. The molecule has 2 N–H and O–H groups in total. The maximum atomic E-state index is 11.8. The summed E-state index contributed by atoms with van der Waals surface area (Å²) in [4.78, 5) is 22.3. The van der Waals surface area contributed by atoms with Gasteiger partial charge in [-0.3, -0.25) is 9.59 Å². The maximum absolute atomic E-state index is 11.8. The van der Waals surface area contributed by atoms with Crippen LogP contribution >= 0.6 is 0 Å². The molecule has 3 rings (SSSR count). The molecular weight excluding hydrogens is 334 g/mol. The molecule has 0 aromatic heterocycles. The molecule has 5 atom stereocenters. The fourth-order valence-electron chi connectivity index (χ4n) is 3.38. The summed E-state index contributed by atoms with van der Waals surface area (Å²) in [6.45, 7) is 7.39. The molecule has 0 radical (unpaired) electrons. The van der Waals surface area contributed by atoms with Crippen LogP contribution in [0.3, 0.4) is 0 Å². The highest BCUT2D eigenvalue weighted by Gasteiger charge is 2.60. The van der Waals surface area contributed by atoms with Gasteiger partial charge in [-0.05, 0) is 27.7 Å². The fraction of sp³-hybridized carbons (Fsp3) is 0.875. The first-order valence-corrected chi connectivity index (χ1v) is 8.41. The predicted molar refractivity (Wildman–Crippen MR) is 82.4 cm³/mol. The van der Waals surface area contributed by atoms with E-state index in [4.69, 9.17) is 28.8 Å². The van der Waals surface area contributed by atoms with Gasteiger partial charge in [0.25, 0.3) is 0 Å². The van der Waals surface area contributed by atoms with E-state index in [1.165, 1.54) is 0 Å². The molecule has 0 saturated carbocycles. The molecule has 3 aliphatic heterocycles. The van der Waals surface area contributed by atoms with Crippen molar-refractivity contribution in [2.45, 2.75) is 82.8 Å². The summed E-state index contributed by atoms with van der Waals surface area (Å²) in [5, 5.41) is 11.3. The zero-order valence-electron chi connectivity index (χ0n) is 14.8. The number of amides is 1. The van der Waals surface area contributed by atoms with Gasteiger partial charge in [0.15, 0.2) is 17.9 Å². The van der Waals surface area contributed by atoms with E-state index < -0.39 is 42.1 Å². The van der Waals surface area contributed by atoms with Gasteiger partial charge in [-0.1, -0.05) is 0 Å². The normalized spacial score (nSPS) is 38.0. The van der Waals surface area contributed by atoms with Crippen molar-refractivity contribution in [1.82, 2.24) is 5.32 Å². The van der Waals surface area contributed by atoms with Gasteiger partial charge in [-0.15, -0.1) is 0 Å². The van der Waals surface area contributed by atoms with E-state index in [2.05, 4.69) is 5.32 Å². The molecule has 1 amide bonds. The van der Waals surface area contributed by atoms with E-state index in [0.29, 0.717) is 0 Å². The van der Waals surface area contributed by atoms with Crippen LogP contribution in [0.2, 0.25) is 0 Å². The van der Waals surface area contributed by atoms with E-state index in [-0.39, 0.29) is 31.4 Å². The Morgan fingerprint density at radius 3 is 2.20 bits per heavy atom. The van der Waals surface area contributed by atoms with Crippen LogP contribution in [0.1, 0.15) is 40.5 Å². The van der Waals surface area contributed by atoms with Crippen LogP contribution in [0.15, 0.2) is 0 Å². The number of ether oxygens (including phenoxy) is 5. The summed E-state index contributed by atoms with van der Waals surface area (Å²) in [6.07, 6.45) is -2.62. The van der Waals surface area contributed by atoms with Crippen LogP contribution in [-0.2, 0) is 33.3 Å². The van der Waals surface area contributed by atoms with Gasteiger partial charge in [0.05, 0.1) is 6.42 Å². The van der Waals surface area contributed by atoms with Crippen LogP contribution in [-0.4, -0.2) is 65.8 Å². The number of hydrogen-bond acceptors (Lipinski definition) is 7. The number of aliphatic carboxylic acids is 1. The van der Waals surface area contributed by atoms with Gasteiger partial charge in [-0.2, -0.15) is 0 Å². The van der Waals surface area contributed by atoms with Crippen LogP contribution in [0, 0.1) is 0 Å². The van der Waals surface area contributed by atoms with Crippen molar-refractivity contribution in [1.29, 1.82) is 0 Å². The molecule has 3 heterocycles. The summed E-state index contributed by atoms with van der Waals surface area (Å²) in [7, 11) is 0. The highest BCUT2D eigenvalue weighted by molar-refractivity contribution is 5.80. The van der Waals surface area contributed by atoms with Crippen LogP contribution in [0.4, 0.5) is 0 Å². The quantitative estimate of drug-likeness (QED) is 0.724. The molecular formula is C16H25NO8. The molecule has 3 aliphatic rings. The lowest BCUT2D eigenvalue weighted by Crippen LogP contribution is -2.57. The van der Waals surface area contributed by atoms with Gasteiger partial charge in [0, 0.05) is 13.0 Å². The lowest BCUT2D eigenvalue weighted by atomic mass is 9.99. The number of carbonyl (C=O) groups excluding carboxylic acids is 1. The van der Waals surface area contributed by atoms with Crippen molar-refractivity contribution in [2.75, 3.05) is 6.54 Å². The molecule has 0 spiro atoms. The van der Waals surface area contributed by atoms with Gasteiger partial charge >= 0.3 is 5.97 Å². The summed E-state index contributed by atoms with van der Waals surface area (Å²) >= 11 is 0. The average Bonchev–Trinajstić information content (AvgIpc) is 2.96. The van der Waals surface area contributed by atoms with Crippen LogP contribution in [0.5, 0.6) is 0 Å². The van der Waals surface area contributed by atoms with E-state index in [9.17, 15) is 9.59 Å². The van der Waals surface area contributed by atoms with Crippen molar-refractivity contribution in [2.24, 2.45) is 0 Å². The summed E-state index contributed by atoms with van der Waals surface area (Å²) in [5.41, 5.74) is 0. The second kappa shape index (κ2) is 6.48. The third-order valence-corrected chi connectivity index (χ3v) is 4.32. The number of carboxylic acids is 1. The van der Waals surface area contributed by atoms with Gasteiger partial charge in [-0.25, -0.2) is 0 Å². The Morgan fingerprint density at radius 2 is 1.52 bits per heavy atom. The Morgan fingerprint density at radius 1 is 0.920 bits per heavy atom. The molecule has 0 unspecified atom stereocenters.